The molecule has 16 heteroatoms. The van der Waals surface area contributed by atoms with Crippen molar-refractivity contribution in [1.82, 2.24) is 26.6 Å². The number of primary amides is 1. The summed E-state index contributed by atoms with van der Waals surface area (Å²) in [5.41, 5.74) is 7.51. The van der Waals surface area contributed by atoms with Crippen molar-refractivity contribution in [3.05, 3.63) is 119 Å². The van der Waals surface area contributed by atoms with Crippen molar-refractivity contribution < 1.29 is 43.2 Å². The fourth-order valence-corrected chi connectivity index (χ4v) is 7.22. The number of amides is 6. The molecule has 0 bridgehead atoms. The molecule has 4 unspecified atom stereocenters. The number of carbonyl (C=O) groups is 9. The molecule has 4 aromatic rings. The van der Waals surface area contributed by atoms with Crippen LogP contribution in [0.2, 0.25) is 0 Å². The number of rotatable bonds is 23. The van der Waals surface area contributed by atoms with Crippen LogP contribution in [0.5, 0.6) is 0 Å². The van der Waals surface area contributed by atoms with Gasteiger partial charge in [0.05, 0.1) is 11.1 Å². The summed E-state index contributed by atoms with van der Waals surface area (Å²) in [6.07, 6.45) is -0.624. The van der Waals surface area contributed by atoms with Crippen LogP contribution in [0.4, 0.5) is 0 Å². The van der Waals surface area contributed by atoms with Crippen molar-refractivity contribution >= 4 is 63.6 Å². The summed E-state index contributed by atoms with van der Waals surface area (Å²) in [7, 11) is 0. The van der Waals surface area contributed by atoms with Crippen LogP contribution < -0.4 is 38.1 Å². The van der Waals surface area contributed by atoms with Crippen LogP contribution in [0.15, 0.2) is 97.1 Å². The van der Waals surface area contributed by atoms with E-state index in [9.17, 15) is 43.2 Å². The maximum atomic E-state index is 14.4. The molecule has 0 saturated carbocycles. The predicted molar refractivity (Wildman–Crippen MR) is 263 cm³/mol. The van der Waals surface area contributed by atoms with Crippen molar-refractivity contribution in [2.45, 2.75) is 129 Å². The maximum Gasteiger partial charge on any atom is 0.245 e. The first kappa shape index (κ1) is 54.5. The first-order valence-corrected chi connectivity index (χ1v) is 22.9. The molecule has 16 nitrogen and oxygen atoms in total. The minimum atomic E-state index is -1.64. The first-order valence-electron chi connectivity index (χ1n) is 22.9. The lowest BCUT2D eigenvalue weighted by Gasteiger charge is -2.32. The van der Waals surface area contributed by atoms with Gasteiger partial charge in [-0.3, -0.25) is 43.2 Å². The summed E-state index contributed by atoms with van der Waals surface area (Å²) in [6, 6.07) is 26.2. The molecule has 4 rings (SSSR count). The van der Waals surface area contributed by atoms with Crippen LogP contribution in [-0.2, 0) is 51.2 Å². The smallest absolute Gasteiger partial charge is 0.245 e. The molecule has 4 atom stereocenters. The lowest BCUT2D eigenvalue weighted by atomic mass is 9.85. The Morgan fingerprint density at radius 2 is 1.03 bits per heavy atom. The van der Waals surface area contributed by atoms with E-state index in [1.54, 1.807) is 75.4 Å². The van der Waals surface area contributed by atoms with Crippen LogP contribution in [0.3, 0.4) is 0 Å². The molecule has 0 saturated heterocycles. The molecular weight excluding hydrogens is 879 g/mol. The zero-order valence-corrected chi connectivity index (χ0v) is 41.2. The molecule has 6 amide bonds. The van der Waals surface area contributed by atoms with E-state index in [1.807, 2.05) is 42.5 Å². The number of nitrogens with one attached hydrogen (secondary N) is 5. The number of nitrogens with two attached hydrogens (primary N) is 2. The molecule has 0 radical (unpaired) electrons. The SMILES string of the molecule is CC(CC(=O)C(C)(C)N)C(=O)NC(C)(C)C(=O)NC(Cc1ccc2ccccc2c1)C(=O)NC(C)(C)C(=O)CC(Cc1ccc(C(=O)c2ccccc2)cc1)C(=O)NC(C)(C)C(=O)NC(C)C(N)=O. The Hall–Kier alpha value is -7.07. The van der Waals surface area contributed by atoms with Gasteiger partial charge in [-0.15, -0.1) is 0 Å². The van der Waals surface area contributed by atoms with E-state index >= 15 is 0 Å². The molecule has 0 heterocycles. The lowest BCUT2D eigenvalue weighted by molar-refractivity contribution is -0.139. The number of fused-ring (bicyclic) bond motifs is 1. The van der Waals surface area contributed by atoms with Gasteiger partial charge in [0.25, 0.3) is 0 Å². The number of benzene rings is 4. The Morgan fingerprint density at radius 1 is 0.522 bits per heavy atom. The molecule has 0 aliphatic carbocycles. The zero-order valence-electron chi connectivity index (χ0n) is 41.2. The van der Waals surface area contributed by atoms with Gasteiger partial charge >= 0.3 is 0 Å². The highest BCUT2D eigenvalue weighted by atomic mass is 16.2. The topological polar surface area (TPSA) is 266 Å². The standard InChI is InChI=1S/C53H67N7O9/c1-31(26-41(61)50(3,4)55)45(65)58-53(9,10)49(69)57-40(29-34-22-23-35-16-14-15-19-38(35)28-34)47(67)60-51(5,6)42(62)30-39(46(66)59-52(7,8)48(68)56-32(2)44(54)64)27-33-20-24-37(25-21-33)43(63)36-17-12-11-13-18-36/h11-25,28,31-32,39-40H,26-27,29-30,55H2,1-10H3,(H2,54,64)(H,56,68)(H,57,69)(H,58,65)(H,59,66)(H,60,67). The van der Waals surface area contributed by atoms with Crippen LogP contribution in [0, 0.1) is 11.8 Å². The Kier molecular flexibility index (Phi) is 17.7. The maximum absolute atomic E-state index is 14.4. The summed E-state index contributed by atoms with van der Waals surface area (Å²) in [5.74, 6) is -7.24. The van der Waals surface area contributed by atoms with Gasteiger partial charge in [0.2, 0.25) is 35.4 Å². The lowest BCUT2D eigenvalue weighted by Crippen LogP contribution is -2.62. The number of hydrogen-bond acceptors (Lipinski definition) is 10. The average Bonchev–Trinajstić information content (AvgIpc) is 3.27. The molecular formula is C53H67N7O9. The Bertz CT molecular complexity index is 2580. The van der Waals surface area contributed by atoms with E-state index in [4.69, 9.17) is 11.5 Å². The second kappa shape index (κ2) is 22.4. The van der Waals surface area contributed by atoms with E-state index < -0.39 is 93.7 Å². The van der Waals surface area contributed by atoms with E-state index in [0.29, 0.717) is 22.3 Å². The molecule has 9 N–H and O–H groups in total. The molecule has 368 valence electrons. The van der Waals surface area contributed by atoms with Crippen molar-refractivity contribution in [2.24, 2.45) is 23.3 Å². The second-order valence-electron chi connectivity index (χ2n) is 20.0. The van der Waals surface area contributed by atoms with E-state index in [1.165, 1.54) is 48.5 Å². The van der Waals surface area contributed by atoms with E-state index in [0.717, 1.165) is 10.8 Å². The fourth-order valence-electron chi connectivity index (χ4n) is 7.22. The quantitative estimate of drug-likeness (QED) is 0.0527. The monoisotopic (exact) mass is 946 g/mol. The van der Waals surface area contributed by atoms with Crippen LogP contribution in [0.1, 0.15) is 109 Å². The van der Waals surface area contributed by atoms with Gasteiger partial charge in [0.1, 0.15) is 23.2 Å². The number of carbonyl (C=O) groups excluding carboxylic acids is 9. The van der Waals surface area contributed by atoms with Gasteiger partial charge in [-0.05, 0) is 90.6 Å². The highest BCUT2D eigenvalue weighted by molar-refractivity contribution is 6.09. The van der Waals surface area contributed by atoms with Gasteiger partial charge < -0.3 is 38.1 Å². The highest BCUT2D eigenvalue weighted by Gasteiger charge is 2.40. The van der Waals surface area contributed by atoms with Gasteiger partial charge in [-0.25, -0.2) is 0 Å². The third-order valence-electron chi connectivity index (χ3n) is 12.0. The van der Waals surface area contributed by atoms with Gasteiger partial charge in [0.15, 0.2) is 17.3 Å². The summed E-state index contributed by atoms with van der Waals surface area (Å²) in [4.78, 5) is 121. The molecule has 0 aromatic heterocycles. The van der Waals surface area contributed by atoms with Gasteiger partial charge in [0, 0.05) is 42.2 Å². The first-order chi connectivity index (χ1) is 32.0. The third kappa shape index (κ3) is 15.2. The molecule has 4 aromatic carbocycles. The Morgan fingerprint density at radius 3 is 1.61 bits per heavy atom. The largest absolute Gasteiger partial charge is 0.368 e. The van der Waals surface area contributed by atoms with Gasteiger partial charge in [-0.1, -0.05) is 104 Å². The fraction of sp³-hybridized carbons (Fsp3) is 0.415. The molecule has 69 heavy (non-hydrogen) atoms. The minimum Gasteiger partial charge on any atom is -0.368 e. The normalized spacial score (nSPS) is 13.7. The third-order valence-corrected chi connectivity index (χ3v) is 12.0. The summed E-state index contributed by atoms with van der Waals surface area (Å²) < 4.78 is 0. The molecule has 0 spiro atoms. The molecule has 0 aliphatic heterocycles. The summed E-state index contributed by atoms with van der Waals surface area (Å²) in [5, 5.41) is 15.3. The van der Waals surface area contributed by atoms with Crippen molar-refractivity contribution in [3.8, 4) is 0 Å². The van der Waals surface area contributed by atoms with Crippen LogP contribution >= 0.6 is 0 Å². The van der Waals surface area contributed by atoms with Crippen molar-refractivity contribution in [1.29, 1.82) is 0 Å². The highest BCUT2D eigenvalue weighted by Crippen LogP contribution is 2.23. The van der Waals surface area contributed by atoms with Crippen molar-refractivity contribution in [2.75, 3.05) is 0 Å². The van der Waals surface area contributed by atoms with Crippen molar-refractivity contribution in [3.63, 3.8) is 0 Å². The second-order valence-corrected chi connectivity index (χ2v) is 20.0. The number of hydrogen-bond donors (Lipinski definition) is 7. The zero-order chi connectivity index (χ0) is 51.6. The average molecular weight is 946 g/mol. The van der Waals surface area contributed by atoms with E-state index in [-0.39, 0.29) is 30.8 Å². The number of Topliss-reactive ketones (excluding diaryl/α,β-unsaturated/α-hetero) is 2. The molecule has 0 fully saturated rings. The molecule has 0 aliphatic rings. The Balaban J connectivity index is 1.61. The predicted octanol–water partition coefficient (Wildman–Crippen LogP) is 3.92. The summed E-state index contributed by atoms with van der Waals surface area (Å²) in [6.45, 7) is 14.8. The van der Waals surface area contributed by atoms with Crippen LogP contribution in [-0.4, -0.2) is 87.0 Å². The van der Waals surface area contributed by atoms with Gasteiger partial charge in [-0.2, -0.15) is 0 Å². The number of ketones is 3. The summed E-state index contributed by atoms with van der Waals surface area (Å²) >= 11 is 0. The van der Waals surface area contributed by atoms with E-state index in [2.05, 4.69) is 26.6 Å². The Labute approximate surface area is 403 Å². The van der Waals surface area contributed by atoms with Crippen LogP contribution in [0.25, 0.3) is 10.8 Å². The minimum absolute atomic E-state index is 0.0188.